The van der Waals surface area contributed by atoms with Gasteiger partial charge in [0.1, 0.15) is 17.4 Å². The molecule has 0 unspecified atom stereocenters. The van der Waals surface area contributed by atoms with Crippen LogP contribution < -0.4 is 15.8 Å². The first-order valence-electron chi connectivity index (χ1n) is 8.99. The molecule has 1 aromatic heterocycles. The van der Waals surface area contributed by atoms with Crippen molar-refractivity contribution in [1.82, 2.24) is 9.55 Å². The molecule has 0 radical (unpaired) electrons. The molecule has 13 heteroatoms. The number of nitrogens with zero attached hydrogens (tertiary/aromatic N) is 2. The van der Waals surface area contributed by atoms with Gasteiger partial charge in [-0.2, -0.15) is 13.2 Å². The smallest absolute Gasteiger partial charge is 0.422 e. The number of amides is 2. The third-order valence-electron chi connectivity index (χ3n) is 4.28. The number of carbonyl (C=O) groups is 2. The van der Waals surface area contributed by atoms with E-state index in [-0.39, 0.29) is 22.1 Å². The van der Waals surface area contributed by atoms with Gasteiger partial charge >= 0.3 is 6.18 Å². The minimum Gasteiger partial charge on any atom is -0.483 e. The lowest BCUT2D eigenvalue weighted by atomic mass is 10.1. The number of primary amides is 1. The van der Waals surface area contributed by atoms with Crippen molar-refractivity contribution < 1.29 is 36.3 Å². The molecule has 0 saturated carbocycles. The molecule has 3 rings (SSSR count). The van der Waals surface area contributed by atoms with Crippen LogP contribution in [0, 0.1) is 11.6 Å². The summed E-state index contributed by atoms with van der Waals surface area (Å²) in [5.41, 5.74) is 3.54. The number of nitrogens with two attached hydrogens (primary N) is 1. The summed E-state index contributed by atoms with van der Waals surface area (Å²) in [6.45, 7) is -1.80. The van der Waals surface area contributed by atoms with Gasteiger partial charge in [0, 0.05) is 18.8 Å². The predicted molar refractivity (Wildman–Crippen MR) is 108 cm³/mol. The lowest BCUT2D eigenvalue weighted by Crippen LogP contribution is -2.22. The van der Waals surface area contributed by atoms with E-state index in [0.717, 1.165) is 12.1 Å². The van der Waals surface area contributed by atoms with Gasteiger partial charge in [-0.15, -0.1) is 0 Å². The maximum Gasteiger partial charge on any atom is 0.422 e. The average Bonchev–Trinajstić information content (AvgIpc) is 3.10. The number of benzene rings is 2. The van der Waals surface area contributed by atoms with Crippen molar-refractivity contribution in [1.29, 1.82) is 0 Å². The second kappa shape index (κ2) is 9.06. The molecule has 3 aromatic rings. The number of para-hydroxylation sites is 1. The Bertz CT molecular complexity index is 1220. The fourth-order valence-corrected chi connectivity index (χ4v) is 3.04. The van der Waals surface area contributed by atoms with E-state index in [1.165, 1.54) is 29.9 Å². The third kappa shape index (κ3) is 5.40. The Morgan fingerprint density at radius 1 is 1.21 bits per heavy atom. The molecule has 33 heavy (non-hydrogen) atoms. The van der Waals surface area contributed by atoms with Gasteiger partial charge in [0.2, 0.25) is 0 Å². The Kier molecular flexibility index (Phi) is 6.58. The highest BCUT2D eigenvalue weighted by Gasteiger charge is 2.30. The van der Waals surface area contributed by atoms with Crippen molar-refractivity contribution in [2.45, 2.75) is 6.18 Å². The SMILES string of the molecule is Cn1cc(-c2cc(OCC(F)(F)F)c(C(=O)Nc3c(F)cccc3Cl)cc2F)nc1C(N)=O. The maximum atomic E-state index is 14.9. The van der Waals surface area contributed by atoms with Crippen molar-refractivity contribution in [3.05, 3.63) is 64.6 Å². The van der Waals surface area contributed by atoms with Gasteiger partial charge in [-0.05, 0) is 24.3 Å². The summed E-state index contributed by atoms with van der Waals surface area (Å²) in [6.07, 6.45) is -3.56. The topological polar surface area (TPSA) is 99.2 Å². The zero-order chi connectivity index (χ0) is 24.5. The highest BCUT2D eigenvalue weighted by atomic mass is 35.5. The molecule has 2 amide bonds. The molecule has 2 aromatic carbocycles. The summed E-state index contributed by atoms with van der Waals surface area (Å²) < 4.78 is 73.0. The van der Waals surface area contributed by atoms with E-state index in [9.17, 15) is 31.5 Å². The van der Waals surface area contributed by atoms with E-state index in [2.05, 4.69) is 10.3 Å². The van der Waals surface area contributed by atoms with Gasteiger partial charge in [0.15, 0.2) is 12.4 Å². The lowest BCUT2D eigenvalue weighted by molar-refractivity contribution is -0.153. The molecule has 174 valence electrons. The number of imidazole rings is 1. The molecule has 0 saturated heterocycles. The number of nitrogens with one attached hydrogen (secondary N) is 1. The Morgan fingerprint density at radius 3 is 2.48 bits per heavy atom. The number of rotatable bonds is 6. The number of hydrogen-bond acceptors (Lipinski definition) is 4. The molecule has 0 fully saturated rings. The maximum absolute atomic E-state index is 14.9. The summed E-state index contributed by atoms with van der Waals surface area (Å²) in [5.74, 6) is -5.00. The van der Waals surface area contributed by atoms with Gasteiger partial charge in [-0.1, -0.05) is 17.7 Å². The molecular weight excluding hydrogens is 475 g/mol. The van der Waals surface area contributed by atoms with Crippen molar-refractivity contribution in [2.75, 3.05) is 11.9 Å². The van der Waals surface area contributed by atoms with E-state index in [0.29, 0.717) is 6.07 Å². The van der Waals surface area contributed by atoms with Crippen LogP contribution in [-0.4, -0.2) is 34.1 Å². The van der Waals surface area contributed by atoms with E-state index < -0.39 is 53.2 Å². The first-order chi connectivity index (χ1) is 15.4. The number of ether oxygens (including phenoxy) is 1. The molecular formula is C20H14ClF5N4O3. The quantitative estimate of drug-likeness (QED) is 0.505. The van der Waals surface area contributed by atoms with Gasteiger partial charge in [-0.3, -0.25) is 9.59 Å². The van der Waals surface area contributed by atoms with Crippen LogP contribution in [0.1, 0.15) is 21.0 Å². The van der Waals surface area contributed by atoms with Crippen LogP contribution in [0.15, 0.2) is 36.5 Å². The van der Waals surface area contributed by atoms with Gasteiger partial charge in [0.25, 0.3) is 11.8 Å². The number of aromatic nitrogens is 2. The van der Waals surface area contributed by atoms with E-state index in [1.54, 1.807) is 0 Å². The predicted octanol–water partition coefficient (Wildman–Crippen LogP) is 4.31. The van der Waals surface area contributed by atoms with Crippen LogP contribution in [0.4, 0.5) is 27.6 Å². The fraction of sp³-hybridized carbons (Fsp3) is 0.150. The van der Waals surface area contributed by atoms with Crippen molar-refractivity contribution >= 4 is 29.1 Å². The summed E-state index contributed by atoms with van der Waals surface area (Å²) in [5, 5.41) is 1.90. The normalized spacial score (nSPS) is 11.4. The van der Waals surface area contributed by atoms with Crippen molar-refractivity contribution in [3.8, 4) is 17.0 Å². The van der Waals surface area contributed by atoms with Gasteiger partial charge < -0.3 is 20.4 Å². The molecule has 0 aliphatic heterocycles. The minimum atomic E-state index is -4.78. The van der Waals surface area contributed by atoms with E-state index in [1.807, 2.05) is 0 Å². The van der Waals surface area contributed by atoms with Crippen LogP contribution in [0.25, 0.3) is 11.3 Å². The van der Waals surface area contributed by atoms with Crippen LogP contribution >= 0.6 is 11.6 Å². The van der Waals surface area contributed by atoms with Crippen LogP contribution in [-0.2, 0) is 7.05 Å². The average molecular weight is 489 g/mol. The Morgan fingerprint density at radius 2 is 1.91 bits per heavy atom. The Balaban J connectivity index is 2.07. The van der Waals surface area contributed by atoms with E-state index in [4.69, 9.17) is 22.1 Å². The number of carbonyl (C=O) groups excluding carboxylic acids is 2. The second-order valence-electron chi connectivity index (χ2n) is 6.71. The molecule has 0 aliphatic carbocycles. The Labute approximate surface area is 187 Å². The molecule has 1 heterocycles. The highest BCUT2D eigenvalue weighted by Crippen LogP contribution is 2.33. The standard InChI is InChI=1S/C20H14ClF5N4O3/c1-30-7-14(28-18(30)17(27)31)9-6-15(33-8-20(24,25)26)10(5-13(9)23)19(32)29-16-11(21)3-2-4-12(16)22/h2-7H,8H2,1H3,(H2,27,31)(H,29,32). The monoisotopic (exact) mass is 488 g/mol. The van der Waals surface area contributed by atoms with Crippen LogP contribution in [0.3, 0.4) is 0 Å². The lowest BCUT2D eigenvalue weighted by Gasteiger charge is -2.15. The molecule has 0 atom stereocenters. The van der Waals surface area contributed by atoms with Crippen molar-refractivity contribution in [2.24, 2.45) is 12.8 Å². The number of hydrogen-bond donors (Lipinski definition) is 2. The minimum absolute atomic E-state index is 0.148. The first kappa shape index (κ1) is 24.0. The molecule has 7 nitrogen and oxygen atoms in total. The number of halogens is 6. The zero-order valence-electron chi connectivity index (χ0n) is 16.6. The summed E-state index contributed by atoms with van der Waals surface area (Å²) in [6, 6.07) is 4.94. The molecule has 3 N–H and O–H groups in total. The van der Waals surface area contributed by atoms with Gasteiger partial charge in [-0.25, -0.2) is 13.8 Å². The molecule has 0 spiro atoms. The third-order valence-corrected chi connectivity index (χ3v) is 4.59. The van der Waals surface area contributed by atoms with Crippen LogP contribution in [0.5, 0.6) is 5.75 Å². The fourth-order valence-electron chi connectivity index (χ4n) is 2.83. The summed E-state index contributed by atoms with van der Waals surface area (Å²) >= 11 is 5.84. The number of alkyl halides is 3. The first-order valence-corrected chi connectivity index (χ1v) is 9.37. The number of aryl methyl sites for hydroxylation is 1. The summed E-state index contributed by atoms with van der Waals surface area (Å²) in [4.78, 5) is 27.9. The zero-order valence-corrected chi connectivity index (χ0v) is 17.4. The molecule has 0 bridgehead atoms. The second-order valence-corrected chi connectivity index (χ2v) is 7.11. The number of anilines is 1. The Hall–Kier alpha value is -3.67. The largest absolute Gasteiger partial charge is 0.483 e. The van der Waals surface area contributed by atoms with Gasteiger partial charge in [0.05, 0.1) is 22.0 Å². The summed E-state index contributed by atoms with van der Waals surface area (Å²) in [7, 11) is 1.40. The van der Waals surface area contributed by atoms with Crippen molar-refractivity contribution in [3.63, 3.8) is 0 Å². The van der Waals surface area contributed by atoms with Crippen LogP contribution in [0.2, 0.25) is 5.02 Å². The highest BCUT2D eigenvalue weighted by molar-refractivity contribution is 6.34. The van der Waals surface area contributed by atoms with E-state index >= 15 is 0 Å². The molecule has 0 aliphatic rings.